The van der Waals surface area contributed by atoms with Gasteiger partial charge in [-0.1, -0.05) is 35.1 Å². The van der Waals surface area contributed by atoms with Crippen molar-refractivity contribution < 1.29 is 38.4 Å². The first-order chi connectivity index (χ1) is 22.6. The summed E-state index contributed by atoms with van der Waals surface area (Å²) < 4.78 is 29.7. The minimum Gasteiger partial charge on any atom is -0.497 e. The van der Waals surface area contributed by atoms with Gasteiger partial charge in [-0.05, 0) is 67.4 Å². The predicted octanol–water partition coefficient (Wildman–Crippen LogP) is 4.75. The molecule has 4 aromatic rings. The van der Waals surface area contributed by atoms with Gasteiger partial charge in [0.15, 0.2) is 16.3 Å². The lowest BCUT2D eigenvalue weighted by atomic mass is 9.95. The van der Waals surface area contributed by atoms with Crippen molar-refractivity contribution in [3.05, 3.63) is 113 Å². The molecule has 11 nitrogen and oxygen atoms in total. The molecule has 47 heavy (non-hydrogen) atoms. The summed E-state index contributed by atoms with van der Waals surface area (Å²) in [5.74, 6) is -0.0980. The van der Waals surface area contributed by atoms with E-state index in [0.29, 0.717) is 49.0 Å². The second kappa shape index (κ2) is 14.1. The van der Waals surface area contributed by atoms with Crippen molar-refractivity contribution in [3.8, 4) is 23.0 Å². The van der Waals surface area contributed by atoms with Gasteiger partial charge in [-0.2, -0.15) is 0 Å². The smallest absolute Gasteiger partial charge is 0.338 e. The first-order valence-electron chi connectivity index (χ1n) is 14.3. The van der Waals surface area contributed by atoms with Crippen LogP contribution in [0.2, 0.25) is 5.02 Å². The number of hydrogen-bond acceptors (Lipinski definition) is 10. The number of ether oxygens (including phenoxy) is 5. The number of fused-ring (bicyclic) bond motifs is 1. The number of allylic oxidation sites excluding steroid dienone is 1. The monoisotopic (exact) mass is 678 g/mol. The lowest BCUT2D eigenvalue weighted by Crippen LogP contribution is -2.40. The second-order valence-corrected chi connectivity index (χ2v) is 11.7. The molecule has 0 amide bonds. The van der Waals surface area contributed by atoms with Crippen molar-refractivity contribution in [3.63, 3.8) is 0 Å². The third kappa shape index (κ3) is 6.74. The molecule has 0 radical (unpaired) electrons. The van der Waals surface area contributed by atoms with Crippen LogP contribution in [0.3, 0.4) is 0 Å². The minimum atomic E-state index is -1.04. The van der Waals surface area contributed by atoms with Crippen LogP contribution in [-0.4, -0.2) is 49.5 Å². The lowest BCUT2D eigenvalue weighted by molar-refractivity contribution is -0.139. The van der Waals surface area contributed by atoms with Gasteiger partial charge in [0.2, 0.25) is 0 Å². The lowest BCUT2D eigenvalue weighted by Gasteiger charge is -2.26. The second-order valence-electron chi connectivity index (χ2n) is 10.2. The molecule has 13 heteroatoms. The van der Waals surface area contributed by atoms with E-state index in [1.807, 2.05) is 0 Å². The molecule has 0 spiro atoms. The Morgan fingerprint density at radius 1 is 1.04 bits per heavy atom. The SMILES string of the molecule is CCOC(=O)C1=C(C)N=c2s/c(=C/c3cc(Cl)c(OCc4cccc(C(=O)O)c4)c(OC)c3)c(=O)n2[C@H]1c1ccc(OC)cc1OC. The molecule has 1 aliphatic heterocycles. The summed E-state index contributed by atoms with van der Waals surface area (Å²) in [6.07, 6.45) is 1.66. The third-order valence-electron chi connectivity index (χ3n) is 7.36. The zero-order valence-corrected chi connectivity index (χ0v) is 27.7. The highest BCUT2D eigenvalue weighted by Gasteiger charge is 2.35. The fraction of sp³-hybridized carbons (Fsp3) is 0.235. The van der Waals surface area contributed by atoms with Gasteiger partial charge in [0.25, 0.3) is 5.56 Å². The Balaban J connectivity index is 1.58. The number of nitrogens with zero attached hydrogens (tertiary/aromatic N) is 2. The van der Waals surface area contributed by atoms with E-state index in [9.17, 15) is 19.5 Å². The van der Waals surface area contributed by atoms with Crippen LogP contribution in [-0.2, 0) is 16.1 Å². The summed E-state index contributed by atoms with van der Waals surface area (Å²) in [4.78, 5) is 43.7. The van der Waals surface area contributed by atoms with Crippen molar-refractivity contribution in [2.24, 2.45) is 4.99 Å². The first-order valence-corrected chi connectivity index (χ1v) is 15.5. The van der Waals surface area contributed by atoms with Gasteiger partial charge in [0, 0.05) is 11.6 Å². The minimum absolute atomic E-state index is 0.0477. The molecule has 0 unspecified atom stereocenters. The molecule has 1 atom stereocenters. The van der Waals surface area contributed by atoms with Gasteiger partial charge in [-0.15, -0.1) is 0 Å². The van der Waals surface area contributed by atoms with Crippen LogP contribution in [0.5, 0.6) is 23.0 Å². The summed E-state index contributed by atoms with van der Waals surface area (Å²) in [6.45, 7) is 3.60. The number of carbonyl (C=O) groups excluding carboxylic acids is 1. The highest BCUT2D eigenvalue weighted by molar-refractivity contribution is 7.07. The van der Waals surface area contributed by atoms with Gasteiger partial charge in [-0.25, -0.2) is 14.6 Å². The van der Waals surface area contributed by atoms with Crippen molar-refractivity contribution >= 4 is 41.0 Å². The topological polar surface area (TPSA) is 135 Å². The van der Waals surface area contributed by atoms with Crippen molar-refractivity contribution in [1.82, 2.24) is 4.57 Å². The molecule has 244 valence electrons. The molecule has 5 rings (SSSR count). The van der Waals surface area contributed by atoms with Crippen LogP contribution in [0.1, 0.15) is 46.9 Å². The average Bonchev–Trinajstić information content (AvgIpc) is 3.36. The standard InChI is InChI=1S/C34H31ClN2O9S/c1-6-45-33(41)28-18(2)36-34-37(29(28)23-11-10-22(42-3)16-25(23)43-4)31(38)27(47-34)15-20-13-24(35)30(26(14-20)44-5)46-17-19-8-7-9-21(12-19)32(39)40/h7-16,29H,6,17H2,1-5H3,(H,39,40)/b27-15+/t29-/m0/s1. The number of methoxy groups -OCH3 is 3. The number of halogens is 1. The molecule has 0 fully saturated rings. The Morgan fingerprint density at radius 3 is 2.49 bits per heavy atom. The van der Waals surface area contributed by atoms with E-state index in [1.165, 1.54) is 38.0 Å². The number of thiazole rings is 1. The Kier molecular flexibility index (Phi) is 10.0. The number of carboxylic acid groups (broad SMARTS) is 1. The number of aromatic carboxylic acids is 1. The van der Waals surface area contributed by atoms with Crippen LogP contribution in [0.4, 0.5) is 0 Å². The number of carboxylic acids is 1. The Morgan fingerprint density at radius 2 is 1.81 bits per heavy atom. The summed E-state index contributed by atoms with van der Waals surface area (Å²) in [5.41, 5.74) is 2.12. The molecule has 0 saturated carbocycles. The zero-order valence-electron chi connectivity index (χ0n) is 26.2. The summed E-state index contributed by atoms with van der Waals surface area (Å²) in [5, 5.41) is 9.51. The van der Waals surface area contributed by atoms with E-state index < -0.39 is 18.0 Å². The summed E-state index contributed by atoms with van der Waals surface area (Å²) in [6, 6.07) is 14.0. The van der Waals surface area contributed by atoms with E-state index in [2.05, 4.69) is 4.99 Å². The van der Waals surface area contributed by atoms with E-state index in [-0.39, 0.29) is 40.7 Å². The van der Waals surface area contributed by atoms with Crippen LogP contribution in [0.15, 0.2) is 75.7 Å². The van der Waals surface area contributed by atoms with Crippen LogP contribution in [0, 0.1) is 0 Å². The maximum atomic E-state index is 14.1. The van der Waals surface area contributed by atoms with Crippen LogP contribution in [0.25, 0.3) is 6.08 Å². The van der Waals surface area contributed by atoms with Gasteiger partial charge < -0.3 is 28.8 Å². The molecule has 0 aliphatic carbocycles. The van der Waals surface area contributed by atoms with E-state index in [0.717, 1.165) is 11.3 Å². The molecule has 0 saturated heterocycles. The Hall–Kier alpha value is -5.07. The maximum absolute atomic E-state index is 14.1. The molecular formula is C34H31ClN2O9S. The van der Waals surface area contributed by atoms with Gasteiger partial charge in [0.05, 0.1) is 54.3 Å². The predicted molar refractivity (Wildman–Crippen MR) is 176 cm³/mol. The molecule has 1 aromatic heterocycles. The van der Waals surface area contributed by atoms with Crippen LogP contribution >= 0.6 is 22.9 Å². The summed E-state index contributed by atoms with van der Waals surface area (Å²) in [7, 11) is 4.50. The fourth-order valence-electron chi connectivity index (χ4n) is 5.19. The van der Waals surface area contributed by atoms with Gasteiger partial charge >= 0.3 is 11.9 Å². The fourth-order valence-corrected chi connectivity index (χ4v) is 6.51. The van der Waals surface area contributed by atoms with Crippen LogP contribution < -0.4 is 33.8 Å². The Bertz CT molecular complexity index is 2080. The van der Waals surface area contributed by atoms with Crippen molar-refractivity contribution in [2.75, 3.05) is 27.9 Å². The van der Waals surface area contributed by atoms with Crippen molar-refractivity contribution in [2.45, 2.75) is 26.5 Å². The molecule has 3 aromatic carbocycles. The molecular weight excluding hydrogens is 648 g/mol. The molecule has 1 N–H and O–H groups in total. The van der Waals surface area contributed by atoms with Crippen molar-refractivity contribution in [1.29, 1.82) is 0 Å². The van der Waals surface area contributed by atoms with Gasteiger partial charge in [0.1, 0.15) is 24.1 Å². The number of carbonyl (C=O) groups is 2. The number of aromatic nitrogens is 1. The first kappa shape index (κ1) is 33.3. The molecule has 0 bridgehead atoms. The third-order valence-corrected chi connectivity index (χ3v) is 8.62. The van der Waals surface area contributed by atoms with E-state index in [4.69, 9.17) is 35.3 Å². The highest BCUT2D eigenvalue weighted by atomic mass is 35.5. The van der Waals surface area contributed by atoms with E-state index >= 15 is 0 Å². The number of hydrogen-bond donors (Lipinski definition) is 1. The van der Waals surface area contributed by atoms with E-state index in [1.54, 1.807) is 62.4 Å². The average molecular weight is 679 g/mol. The normalized spacial score (nSPS) is 14.3. The molecule has 2 heterocycles. The quantitative estimate of drug-likeness (QED) is 0.223. The molecule has 1 aliphatic rings. The maximum Gasteiger partial charge on any atom is 0.338 e. The Labute approximate surface area is 278 Å². The number of esters is 1. The zero-order chi connectivity index (χ0) is 33.8. The number of benzene rings is 3. The van der Waals surface area contributed by atoms with Gasteiger partial charge in [-0.3, -0.25) is 9.36 Å². The largest absolute Gasteiger partial charge is 0.497 e. The summed E-state index contributed by atoms with van der Waals surface area (Å²) >= 11 is 7.79. The number of rotatable bonds is 11. The highest BCUT2D eigenvalue weighted by Crippen LogP contribution is 2.39.